The Kier molecular flexibility index (Phi) is 4.45. The molecule has 0 bridgehead atoms. The van der Waals surface area contributed by atoms with Gasteiger partial charge in [0.1, 0.15) is 10.9 Å². The monoisotopic (exact) mass is 285 g/mol. The van der Waals surface area contributed by atoms with Gasteiger partial charge in [-0.25, -0.2) is 4.98 Å². The van der Waals surface area contributed by atoms with Crippen LogP contribution >= 0.6 is 11.8 Å². The molecule has 0 saturated heterocycles. The van der Waals surface area contributed by atoms with Gasteiger partial charge >= 0.3 is 0 Å². The predicted octanol–water partition coefficient (Wildman–Crippen LogP) is 3.58. The van der Waals surface area contributed by atoms with Crippen LogP contribution in [0.5, 0.6) is 0 Å². The minimum absolute atomic E-state index is 0.0698. The molecular weight excluding hydrogens is 266 g/mol. The fraction of sp³-hybridized carbons (Fsp3) is 0.250. The summed E-state index contributed by atoms with van der Waals surface area (Å²) in [6.45, 7) is 6.16. The number of pyridine rings is 1. The minimum Gasteiger partial charge on any atom is -0.384 e. The molecule has 0 spiro atoms. The fourth-order valence-electron chi connectivity index (χ4n) is 2.15. The number of nitrogens with zero attached hydrogens (tertiary/aromatic N) is 1. The number of nitrogens with one attached hydrogen (secondary N) is 1. The van der Waals surface area contributed by atoms with E-state index in [9.17, 15) is 0 Å². The highest BCUT2D eigenvalue weighted by molar-refractivity contribution is 7.98. The highest BCUT2D eigenvalue weighted by Crippen LogP contribution is 2.25. The van der Waals surface area contributed by atoms with Crippen molar-refractivity contribution in [3.63, 3.8) is 0 Å². The summed E-state index contributed by atoms with van der Waals surface area (Å²) in [5.74, 6) is 0.902. The molecule has 20 heavy (non-hydrogen) atoms. The second kappa shape index (κ2) is 6.09. The number of nitrogens with two attached hydrogens (primary N) is 1. The van der Waals surface area contributed by atoms with Crippen LogP contribution in [0, 0.1) is 26.2 Å². The smallest absolute Gasteiger partial charge is 0.125 e. The van der Waals surface area contributed by atoms with Crippen molar-refractivity contribution in [1.82, 2.24) is 4.98 Å². The summed E-state index contributed by atoms with van der Waals surface area (Å²) >= 11 is 1.63. The van der Waals surface area contributed by atoms with Crippen LogP contribution < -0.4 is 5.73 Å². The van der Waals surface area contributed by atoms with E-state index in [1.54, 1.807) is 11.8 Å². The Balaban J connectivity index is 2.22. The van der Waals surface area contributed by atoms with E-state index in [4.69, 9.17) is 11.1 Å². The third-order valence-electron chi connectivity index (χ3n) is 2.95. The molecule has 0 amide bonds. The highest BCUT2D eigenvalue weighted by Gasteiger charge is 2.08. The first-order valence-corrected chi connectivity index (χ1v) is 7.46. The van der Waals surface area contributed by atoms with Gasteiger partial charge in [0.15, 0.2) is 0 Å². The van der Waals surface area contributed by atoms with Crippen LogP contribution in [0.2, 0.25) is 0 Å². The van der Waals surface area contributed by atoms with Crippen LogP contribution in [0.3, 0.4) is 0 Å². The van der Waals surface area contributed by atoms with Gasteiger partial charge in [-0.3, -0.25) is 5.41 Å². The van der Waals surface area contributed by atoms with Crippen LogP contribution in [0.25, 0.3) is 0 Å². The van der Waals surface area contributed by atoms with E-state index in [1.165, 1.54) is 16.7 Å². The van der Waals surface area contributed by atoms with E-state index in [0.717, 1.165) is 16.5 Å². The zero-order chi connectivity index (χ0) is 14.7. The van der Waals surface area contributed by atoms with Gasteiger partial charge in [0.05, 0.1) is 0 Å². The van der Waals surface area contributed by atoms with Crippen LogP contribution in [0.15, 0.2) is 35.4 Å². The van der Waals surface area contributed by atoms with Gasteiger partial charge < -0.3 is 5.73 Å². The molecule has 1 aromatic carbocycles. The van der Waals surface area contributed by atoms with E-state index in [2.05, 4.69) is 37.0 Å². The average molecular weight is 285 g/mol. The number of benzene rings is 1. The number of thioether (sulfide) groups is 1. The van der Waals surface area contributed by atoms with Crippen molar-refractivity contribution < 1.29 is 0 Å². The molecular formula is C16H19N3S. The maximum atomic E-state index is 7.62. The molecule has 0 aliphatic carbocycles. The maximum absolute atomic E-state index is 7.62. The van der Waals surface area contributed by atoms with E-state index in [0.29, 0.717) is 5.56 Å². The van der Waals surface area contributed by atoms with E-state index in [-0.39, 0.29) is 5.84 Å². The number of hydrogen-bond acceptors (Lipinski definition) is 3. The van der Waals surface area contributed by atoms with Crippen molar-refractivity contribution in [2.75, 3.05) is 0 Å². The van der Waals surface area contributed by atoms with Crippen LogP contribution in [-0.2, 0) is 5.75 Å². The Labute approximate surface area is 124 Å². The minimum atomic E-state index is 0.0698. The first-order chi connectivity index (χ1) is 9.45. The van der Waals surface area contributed by atoms with Gasteiger partial charge in [0.25, 0.3) is 0 Å². The van der Waals surface area contributed by atoms with Gasteiger partial charge in [-0.1, -0.05) is 29.3 Å². The summed E-state index contributed by atoms with van der Waals surface area (Å²) < 4.78 is 0. The molecule has 2 rings (SSSR count). The molecule has 2 aromatic rings. The lowest BCUT2D eigenvalue weighted by Gasteiger charge is -2.09. The molecule has 0 aliphatic rings. The first kappa shape index (κ1) is 14.6. The summed E-state index contributed by atoms with van der Waals surface area (Å²) in [4.78, 5) is 4.50. The SMILES string of the molecule is Cc1cc(C)cc(CSc2nc(C)ccc2C(=N)N)c1. The van der Waals surface area contributed by atoms with Crippen LogP contribution in [0.1, 0.15) is 27.9 Å². The third-order valence-corrected chi connectivity index (χ3v) is 4.01. The van der Waals surface area contributed by atoms with Crippen molar-refractivity contribution >= 4 is 17.6 Å². The zero-order valence-corrected chi connectivity index (χ0v) is 12.8. The van der Waals surface area contributed by atoms with Crippen molar-refractivity contribution in [2.45, 2.75) is 31.6 Å². The number of rotatable bonds is 4. The fourth-order valence-corrected chi connectivity index (χ4v) is 3.16. The molecule has 0 unspecified atom stereocenters. The van der Waals surface area contributed by atoms with Crippen LogP contribution in [-0.4, -0.2) is 10.8 Å². The molecule has 1 aromatic heterocycles. The molecule has 0 saturated carbocycles. The van der Waals surface area contributed by atoms with Gasteiger partial charge in [0.2, 0.25) is 0 Å². The zero-order valence-electron chi connectivity index (χ0n) is 12.0. The number of hydrogen-bond donors (Lipinski definition) is 2. The van der Waals surface area contributed by atoms with E-state index < -0.39 is 0 Å². The van der Waals surface area contributed by atoms with Crippen molar-refractivity contribution in [2.24, 2.45) is 5.73 Å². The summed E-state index contributed by atoms with van der Waals surface area (Å²) in [7, 11) is 0. The number of aromatic nitrogens is 1. The topological polar surface area (TPSA) is 62.8 Å². The maximum Gasteiger partial charge on any atom is 0.125 e. The van der Waals surface area contributed by atoms with Crippen molar-refractivity contribution in [3.05, 3.63) is 58.3 Å². The van der Waals surface area contributed by atoms with Gasteiger partial charge in [-0.2, -0.15) is 0 Å². The third kappa shape index (κ3) is 3.61. The lowest BCUT2D eigenvalue weighted by molar-refractivity contribution is 1.05. The lowest BCUT2D eigenvalue weighted by atomic mass is 10.1. The summed E-state index contributed by atoms with van der Waals surface area (Å²) in [6, 6.07) is 10.3. The summed E-state index contributed by atoms with van der Waals surface area (Å²) in [5.41, 5.74) is 11.1. The molecule has 0 fully saturated rings. The Morgan fingerprint density at radius 2 is 1.80 bits per heavy atom. The highest BCUT2D eigenvalue weighted by atomic mass is 32.2. The Morgan fingerprint density at radius 1 is 1.15 bits per heavy atom. The number of aryl methyl sites for hydroxylation is 3. The van der Waals surface area contributed by atoms with E-state index >= 15 is 0 Å². The Morgan fingerprint density at radius 3 is 2.40 bits per heavy atom. The lowest BCUT2D eigenvalue weighted by Crippen LogP contribution is -2.13. The standard InChI is InChI=1S/C16H19N3S/c1-10-6-11(2)8-13(7-10)9-20-16-14(15(17)18)5-4-12(3)19-16/h4-8H,9H2,1-3H3,(H3,17,18). The summed E-state index contributed by atoms with van der Waals surface area (Å²) in [5, 5.41) is 8.45. The molecule has 1 heterocycles. The molecule has 0 aliphatic heterocycles. The van der Waals surface area contributed by atoms with Crippen molar-refractivity contribution in [3.8, 4) is 0 Å². The Hall–Kier alpha value is -1.81. The Bertz CT molecular complexity index is 630. The van der Waals surface area contributed by atoms with Gasteiger partial charge in [-0.05, 0) is 38.5 Å². The number of nitrogen functional groups attached to an aromatic ring is 1. The molecule has 0 atom stereocenters. The second-order valence-electron chi connectivity index (χ2n) is 5.00. The van der Waals surface area contributed by atoms with Crippen molar-refractivity contribution in [1.29, 1.82) is 5.41 Å². The normalized spacial score (nSPS) is 10.6. The molecule has 0 radical (unpaired) electrons. The quantitative estimate of drug-likeness (QED) is 0.512. The van der Waals surface area contributed by atoms with E-state index in [1.807, 2.05) is 19.1 Å². The van der Waals surface area contributed by atoms with Crippen LogP contribution in [0.4, 0.5) is 0 Å². The first-order valence-electron chi connectivity index (χ1n) is 6.47. The molecule has 4 heteroatoms. The predicted molar refractivity (Wildman–Crippen MR) is 85.5 cm³/mol. The molecule has 3 N–H and O–H groups in total. The average Bonchev–Trinajstić information content (AvgIpc) is 2.35. The van der Waals surface area contributed by atoms with Gasteiger partial charge in [-0.15, -0.1) is 11.8 Å². The largest absolute Gasteiger partial charge is 0.384 e. The summed E-state index contributed by atoms with van der Waals surface area (Å²) in [6.07, 6.45) is 0. The molecule has 3 nitrogen and oxygen atoms in total. The van der Waals surface area contributed by atoms with Gasteiger partial charge in [0, 0.05) is 17.0 Å². The second-order valence-corrected chi connectivity index (χ2v) is 5.97. The number of amidine groups is 1. The molecule has 104 valence electrons.